The molecule has 0 bridgehead atoms. The van der Waals surface area contributed by atoms with E-state index >= 15 is 0 Å². The molecule has 2 fully saturated rings. The fourth-order valence-corrected chi connectivity index (χ4v) is 4.43. The van der Waals surface area contributed by atoms with E-state index in [2.05, 4.69) is 5.32 Å². The Balaban J connectivity index is 0.000000223. The first kappa shape index (κ1) is 21.3. The van der Waals surface area contributed by atoms with Crippen molar-refractivity contribution in [1.29, 1.82) is 0 Å². The number of nitrogens with two attached hydrogens (primary N) is 1. The van der Waals surface area contributed by atoms with Crippen molar-refractivity contribution in [3.05, 3.63) is 30.3 Å². The maximum Gasteiger partial charge on any atom is 0.320 e. The Kier molecular flexibility index (Phi) is 7.34. The van der Waals surface area contributed by atoms with E-state index in [4.69, 9.17) is 15.4 Å². The van der Waals surface area contributed by atoms with Crippen LogP contribution in [0.25, 0.3) is 0 Å². The van der Waals surface area contributed by atoms with Crippen LogP contribution >= 0.6 is 0 Å². The monoisotopic (exact) mass is 398 g/mol. The average Bonchev–Trinajstić information content (AvgIpc) is 2.61. The van der Waals surface area contributed by atoms with E-state index in [1.165, 1.54) is 12.1 Å². The van der Waals surface area contributed by atoms with Crippen molar-refractivity contribution in [3.63, 3.8) is 0 Å². The fourth-order valence-electron chi connectivity index (χ4n) is 3.89. The highest BCUT2D eigenvalue weighted by Crippen LogP contribution is 2.39. The molecule has 1 aromatic rings. The quantitative estimate of drug-likeness (QED) is 0.597. The summed E-state index contributed by atoms with van der Waals surface area (Å²) < 4.78 is 21.2. The Bertz CT molecular complexity index is 752. The number of carboxylic acid groups (broad SMARTS) is 2. The number of piperidine rings is 1. The van der Waals surface area contributed by atoms with E-state index in [1.54, 1.807) is 18.2 Å². The van der Waals surface area contributed by atoms with Gasteiger partial charge in [0.15, 0.2) is 0 Å². The number of fused-ring (bicyclic) bond motifs is 1. The van der Waals surface area contributed by atoms with Crippen LogP contribution in [0.5, 0.6) is 0 Å². The van der Waals surface area contributed by atoms with E-state index in [0.29, 0.717) is 18.3 Å². The number of benzene rings is 1. The number of primary sulfonamides is 1. The second-order valence-electron chi connectivity index (χ2n) is 7.19. The third-order valence-electron chi connectivity index (χ3n) is 5.25. The predicted octanol–water partition coefficient (Wildman–Crippen LogP) is 1.27. The van der Waals surface area contributed by atoms with Gasteiger partial charge in [0.05, 0.1) is 4.90 Å². The van der Waals surface area contributed by atoms with Crippen LogP contribution < -0.4 is 10.5 Å². The molecule has 2 aliphatic rings. The molecule has 1 saturated carbocycles. The summed E-state index contributed by atoms with van der Waals surface area (Å²) in [6.45, 7) is 0.765. The van der Waals surface area contributed by atoms with Gasteiger partial charge in [-0.3, -0.25) is 9.59 Å². The van der Waals surface area contributed by atoms with Gasteiger partial charge in [-0.2, -0.15) is 0 Å². The van der Waals surface area contributed by atoms with Crippen LogP contribution in [0.2, 0.25) is 0 Å². The summed E-state index contributed by atoms with van der Waals surface area (Å²) >= 11 is 0. The van der Waals surface area contributed by atoms with Crippen LogP contribution in [0.1, 0.15) is 32.1 Å². The molecular weight excluding hydrogens is 372 g/mol. The van der Waals surface area contributed by atoms with Gasteiger partial charge in [0.2, 0.25) is 10.0 Å². The van der Waals surface area contributed by atoms with Crippen molar-refractivity contribution in [2.75, 3.05) is 6.54 Å². The standard InChI is InChI=1S/C12H19NO4.C6H7NO2S/c14-11(15)4-7-1-2-8-6-13-10(12(16)17)5-9(8)3-7;7-10(8,9)6-4-2-1-3-5-6/h7-10,13H,1-6H2,(H,14,15)(H,16,17);1-5H,(H2,7,8,9). The van der Waals surface area contributed by atoms with E-state index in [9.17, 15) is 18.0 Å². The van der Waals surface area contributed by atoms with Gasteiger partial charge in [0, 0.05) is 6.42 Å². The lowest BCUT2D eigenvalue weighted by Gasteiger charge is -2.41. The molecule has 4 unspecified atom stereocenters. The summed E-state index contributed by atoms with van der Waals surface area (Å²) in [6.07, 6.45) is 3.75. The number of rotatable bonds is 4. The Morgan fingerprint density at radius 3 is 2.26 bits per heavy atom. The van der Waals surface area contributed by atoms with E-state index in [1.807, 2.05) is 0 Å². The second-order valence-corrected chi connectivity index (χ2v) is 8.75. The van der Waals surface area contributed by atoms with Crippen LogP contribution in [0.15, 0.2) is 35.2 Å². The smallest absolute Gasteiger partial charge is 0.320 e. The summed E-state index contributed by atoms with van der Waals surface area (Å²) in [7, 11) is -3.50. The summed E-state index contributed by atoms with van der Waals surface area (Å²) in [5, 5.41) is 25.7. The molecule has 3 rings (SSSR count). The van der Waals surface area contributed by atoms with Crippen molar-refractivity contribution in [3.8, 4) is 0 Å². The molecule has 0 amide bonds. The molecule has 4 atom stereocenters. The molecule has 9 heteroatoms. The molecule has 1 aliphatic carbocycles. The maximum atomic E-state index is 10.9. The summed E-state index contributed by atoms with van der Waals surface area (Å²) in [5.41, 5.74) is 0. The van der Waals surface area contributed by atoms with Gasteiger partial charge in [0.1, 0.15) is 6.04 Å². The Morgan fingerprint density at radius 2 is 1.74 bits per heavy atom. The largest absolute Gasteiger partial charge is 0.481 e. The molecular formula is C18H26N2O6S. The summed E-state index contributed by atoms with van der Waals surface area (Å²) in [5.74, 6) is -0.367. The third kappa shape index (κ3) is 6.60. The predicted molar refractivity (Wildman–Crippen MR) is 98.4 cm³/mol. The number of carbonyl (C=O) groups is 2. The Labute approximate surface area is 158 Å². The molecule has 0 radical (unpaired) electrons. The Morgan fingerprint density at radius 1 is 1.07 bits per heavy atom. The minimum Gasteiger partial charge on any atom is -0.481 e. The van der Waals surface area contributed by atoms with Gasteiger partial charge in [0.25, 0.3) is 0 Å². The minimum absolute atomic E-state index is 0.148. The lowest BCUT2D eigenvalue weighted by molar-refractivity contribution is -0.142. The van der Waals surface area contributed by atoms with Crippen molar-refractivity contribution >= 4 is 22.0 Å². The zero-order chi connectivity index (χ0) is 20.0. The van der Waals surface area contributed by atoms with Crippen LogP contribution in [0, 0.1) is 17.8 Å². The highest BCUT2D eigenvalue weighted by molar-refractivity contribution is 7.89. The first-order valence-corrected chi connectivity index (χ1v) is 10.5. The van der Waals surface area contributed by atoms with Crippen LogP contribution in [0.4, 0.5) is 0 Å². The van der Waals surface area contributed by atoms with E-state index in [-0.39, 0.29) is 17.2 Å². The van der Waals surface area contributed by atoms with Crippen LogP contribution in [-0.4, -0.2) is 43.2 Å². The SMILES string of the molecule is NS(=O)(=O)c1ccccc1.O=C(O)CC1CCC2CNC(C(=O)O)CC2C1. The molecule has 1 saturated heterocycles. The number of nitrogens with one attached hydrogen (secondary N) is 1. The normalized spacial score (nSPS) is 27.6. The van der Waals surface area contributed by atoms with E-state index < -0.39 is 28.0 Å². The van der Waals surface area contributed by atoms with Crippen molar-refractivity contribution in [1.82, 2.24) is 5.32 Å². The van der Waals surface area contributed by atoms with Crippen molar-refractivity contribution in [2.24, 2.45) is 22.9 Å². The number of carboxylic acids is 2. The number of hydrogen-bond donors (Lipinski definition) is 4. The molecule has 8 nitrogen and oxygen atoms in total. The highest BCUT2D eigenvalue weighted by Gasteiger charge is 2.37. The van der Waals surface area contributed by atoms with Crippen molar-refractivity contribution < 1.29 is 28.2 Å². The molecule has 1 aliphatic heterocycles. The van der Waals surface area contributed by atoms with E-state index in [0.717, 1.165) is 25.8 Å². The number of hydrogen-bond acceptors (Lipinski definition) is 5. The lowest BCUT2D eigenvalue weighted by atomic mass is 9.69. The lowest BCUT2D eigenvalue weighted by Crippen LogP contribution is -2.49. The van der Waals surface area contributed by atoms with Gasteiger partial charge in [-0.05, 0) is 62.1 Å². The fraction of sp³-hybridized carbons (Fsp3) is 0.556. The zero-order valence-corrected chi connectivity index (χ0v) is 15.8. The topological polar surface area (TPSA) is 147 Å². The molecule has 0 aromatic heterocycles. The van der Waals surface area contributed by atoms with Gasteiger partial charge in [-0.15, -0.1) is 0 Å². The van der Waals surface area contributed by atoms with Gasteiger partial charge < -0.3 is 15.5 Å². The van der Waals surface area contributed by atoms with Crippen molar-refractivity contribution in [2.45, 2.75) is 43.0 Å². The second kappa shape index (κ2) is 9.29. The highest BCUT2D eigenvalue weighted by atomic mass is 32.2. The van der Waals surface area contributed by atoms with Gasteiger partial charge >= 0.3 is 11.9 Å². The number of sulfonamides is 1. The third-order valence-corrected chi connectivity index (χ3v) is 6.18. The summed E-state index contributed by atoms with van der Waals surface area (Å²) in [4.78, 5) is 21.8. The van der Waals surface area contributed by atoms with Gasteiger partial charge in [-0.1, -0.05) is 18.2 Å². The van der Waals surface area contributed by atoms with Crippen LogP contribution in [0.3, 0.4) is 0 Å². The molecule has 27 heavy (non-hydrogen) atoms. The summed E-state index contributed by atoms with van der Waals surface area (Å²) in [6, 6.07) is 7.44. The average molecular weight is 398 g/mol. The maximum absolute atomic E-state index is 10.9. The van der Waals surface area contributed by atoms with Gasteiger partial charge in [-0.25, -0.2) is 13.6 Å². The van der Waals surface area contributed by atoms with Crippen LogP contribution in [-0.2, 0) is 19.6 Å². The first-order valence-electron chi connectivity index (χ1n) is 8.92. The zero-order valence-electron chi connectivity index (χ0n) is 15.0. The minimum atomic E-state index is -3.50. The molecule has 1 heterocycles. The number of aliphatic carboxylic acids is 2. The molecule has 5 N–H and O–H groups in total. The molecule has 1 aromatic carbocycles. The Hall–Kier alpha value is -1.97. The first-order chi connectivity index (χ1) is 12.7. The molecule has 0 spiro atoms. The molecule has 150 valence electrons.